The van der Waals surface area contributed by atoms with Crippen LogP contribution in [-0.2, 0) is 0 Å². The van der Waals surface area contributed by atoms with E-state index < -0.39 is 21.2 Å². The highest BCUT2D eigenvalue weighted by Crippen LogP contribution is 2.34. The van der Waals surface area contributed by atoms with Crippen LogP contribution in [0.15, 0.2) is 18.2 Å². The first-order chi connectivity index (χ1) is 12.4. The van der Waals surface area contributed by atoms with Crippen molar-refractivity contribution in [3.63, 3.8) is 0 Å². The Morgan fingerprint density at radius 3 is 1.96 bits per heavy atom. The highest BCUT2D eigenvalue weighted by atomic mass is 16.6. The summed E-state index contributed by atoms with van der Waals surface area (Å²) in [4.78, 5) is 38.0. The van der Waals surface area contributed by atoms with Crippen LogP contribution in [0.25, 0.3) is 0 Å². The van der Waals surface area contributed by atoms with E-state index in [2.05, 4.69) is 11.8 Å². The highest BCUT2D eigenvalue weighted by molar-refractivity contribution is 5.96. The van der Waals surface area contributed by atoms with E-state index in [1.165, 1.54) is 0 Å². The molecule has 3 rings (SSSR count). The minimum absolute atomic E-state index is 0.0238. The summed E-state index contributed by atoms with van der Waals surface area (Å²) in [5.41, 5.74) is -0.839. The van der Waals surface area contributed by atoms with Crippen LogP contribution in [0, 0.1) is 20.2 Å². The van der Waals surface area contributed by atoms with E-state index in [9.17, 15) is 25.0 Å². The molecular formula is C17H22N4O5. The largest absolute Gasteiger partial charge is 0.333 e. The molecule has 140 valence electrons. The van der Waals surface area contributed by atoms with Crippen LogP contribution in [0.5, 0.6) is 0 Å². The number of likely N-dealkylation sites (tertiary alicyclic amines) is 1. The van der Waals surface area contributed by atoms with Crippen LogP contribution in [0.3, 0.4) is 0 Å². The van der Waals surface area contributed by atoms with Crippen molar-refractivity contribution in [2.45, 2.75) is 44.7 Å². The Hall–Kier alpha value is -2.55. The normalized spacial score (nSPS) is 18.5. The number of non-ortho nitro benzene ring substituents is 2. The van der Waals surface area contributed by atoms with E-state index in [1.807, 2.05) is 4.90 Å². The third-order valence-corrected chi connectivity index (χ3v) is 5.14. The Morgan fingerprint density at radius 2 is 1.54 bits per heavy atom. The van der Waals surface area contributed by atoms with E-state index in [-0.39, 0.29) is 23.6 Å². The molecule has 1 aromatic carbocycles. The molecule has 0 spiro atoms. The van der Waals surface area contributed by atoms with Gasteiger partial charge in [0.25, 0.3) is 17.3 Å². The fourth-order valence-corrected chi connectivity index (χ4v) is 3.57. The number of carbonyl (C=O) groups excluding carboxylic acids is 1. The van der Waals surface area contributed by atoms with Crippen molar-refractivity contribution in [2.75, 3.05) is 19.6 Å². The molecule has 1 saturated heterocycles. The highest BCUT2D eigenvalue weighted by Gasteiger charge is 2.39. The molecule has 0 aromatic heterocycles. The van der Waals surface area contributed by atoms with Gasteiger partial charge in [0.1, 0.15) is 0 Å². The van der Waals surface area contributed by atoms with Crippen molar-refractivity contribution in [3.8, 4) is 0 Å². The van der Waals surface area contributed by atoms with E-state index in [0.717, 1.165) is 63.5 Å². The summed E-state index contributed by atoms with van der Waals surface area (Å²) in [5, 5.41) is 22.2. The molecule has 1 aliphatic carbocycles. The van der Waals surface area contributed by atoms with Gasteiger partial charge in [0.05, 0.1) is 21.5 Å². The van der Waals surface area contributed by atoms with E-state index in [4.69, 9.17) is 0 Å². The van der Waals surface area contributed by atoms with Crippen molar-refractivity contribution >= 4 is 17.3 Å². The second-order valence-electron chi connectivity index (χ2n) is 6.86. The molecule has 0 N–H and O–H groups in total. The van der Waals surface area contributed by atoms with Gasteiger partial charge in [0.15, 0.2) is 0 Å². The Morgan fingerprint density at radius 1 is 1.04 bits per heavy atom. The molecule has 0 atom stereocenters. The second kappa shape index (κ2) is 7.36. The van der Waals surface area contributed by atoms with Crippen LogP contribution >= 0.6 is 0 Å². The van der Waals surface area contributed by atoms with Crippen molar-refractivity contribution in [2.24, 2.45) is 0 Å². The average molecular weight is 362 g/mol. The third kappa shape index (κ3) is 3.82. The van der Waals surface area contributed by atoms with Crippen molar-refractivity contribution < 1.29 is 14.6 Å². The number of rotatable bonds is 6. The fourth-order valence-electron chi connectivity index (χ4n) is 3.57. The summed E-state index contributed by atoms with van der Waals surface area (Å²) < 4.78 is 0. The number of benzene rings is 1. The van der Waals surface area contributed by atoms with Crippen molar-refractivity contribution in [1.29, 1.82) is 0 Å². The molecule has 9 heteroatoms. The molecule has 1 saturated carbocycles. The third-order valence-electron chi connectivity index (χ3n) is 5.14. The molecule has 9 nitrogen and oxygen atoms in total. The molecule has 1 heterocycles. The fraction of sp³-hybridized carbons (Fsp3) is 0.588. The molecule has 1 aromatic rings. The van der Waals surface area contributed by atoms with Gasteiger partial charge in [-0.3, -0.25) is 25.0 Å². The minimum Gasteiger partial charge on any atom is -0.333 e. The van der Waals surface area contributed by atoms with Gasteiger partial charge in [0.2, 0.25) is 0 Å². The molecule has 0 radical (unpaired) electrons. The van der Waals surface area contributed by atoms with Crippen LogP contribution in [0.4, 0.5) is 11.4 Å². The van der Waals surface area contributed by atoms with Crippen molar-refractivity contribution in [1.82, 2.24) is 9.80 Å². The number of amides is 1. The second-order valence-corrected chi connectivity index (χ2v) is 6.86. The standard InChI is InChI=1S/C17H22N4O5/c1-2-18-7-5-14(6-8-18)19(13-3-4-13)17(22)12-9-15(20(23)24)11-16(10-12)21(25)26/h9-11,13-14H,2-8H2,1H3. The first kappa shape index (κ1) is 18.2. The molecule has 0 unspecified atom stereocenters. The molecule has 1 aliphatic heterocycles. The van der Waals surface area contributed by atoms with E-state index in [0.29, 0.717) is 0 Å². The first-order valence-corrected chi connectivity index (χ1v) is 8.89. The van der Waals surface area contributed by atoms with Gasteiger partial charge in [-0.1, -0.05) is 6.92 Å². The number of carbonyl (C=O) groups is 1. The van der Waals surface area contributed by atoms with Gasteiger partial charge in [-0.15, -0.1) is 0 Å². The lowest BCUT2D eigenvalue weighted by Crippen LogP contribution is -2.48. The van der Waals surface area contributed by atoms with Gasteiger partial charge >= 0.3 is 0 Å². The maximum Gasteiger partial charge on any atom is 0.277 e. The van der Waals surface area contributed by atoms with Gasteiger partial charge in [-0.25, -0.2) is 0 Å². The summed E-state index contributed by atoms with van der Waals surface area (Å²) in [6.07, 6.45) is 3.54. The van der Waals surface area contributed by atoms with Crippen molar-refractivity contribution in [3.05, 3.63) is 44.0 Å². The SMILES string of the molecule is CCN1CCC(N(C(=O)c2cc([N+](=O)[O-])cc([N+](=O)[O-])c2)C2CC2)CC1. The van der Waals surface area contributed by atoms with Crippen LogP contribution in [0.1, 0.15) is 43.0 Å². The Kier molecular flexibility index (Phi) is 5.17. The van der Waals surface area contributed by atoms with Gasteiger partial charge in [0, 0.05) is 37.3 Å². The molecular weight excluding hydrogens is 340 g/mol. The molecule has 1 amide bonds. The molecule has 26 heavy (non-hydrogen) atoms. The Bertz CT molecular complexity index is 694. The number of nitro groups is 2. The van der Waals surface area contributed by atoms with Crippen LogP contribution in [-0.4, -0.2) is 57.3 Å². The number of hydrogen-bond acceptors (Lipinski definition) is 6. The lowest BCUT2D eigenvalue weighted by Gasteiger charge is -2.38. The van der Waals surface area contributed by atoms with E-state index in [1.54, 1.807) is 0 Å². The van der Waals surface area contributed by atoms with Crippen LogP contribution in [0.2, 0.25) is 0 Å². The summed E-state index contributed by atoms with van der Waals surface area (Å²) >= 11 is 0. The predicted octanol–water partition coefficient (Wildman–Crippen LogP) is 2.59. The topological polar surface area (TPSA) is 110 Å². The summed E-state index contributed by atoms with van der Waals surface area (Å²) in [6.45, 7) is 4.90. The maximum atomic E-state index is 13.1. The zero-order chi connectivity index (χ0) is 18.8. The van der Waals surface area contributed by atoms with Gasteiger partial charge < -0.3 is 9.80 Å². The zero-order valence-electron chi connectivity index (χ0n) is 14.7. The number of hydrogen-bond donors (Lipinski definition) is 0. The van der Waals surface area contributed by atoms with Gasteiger partial charge in [-0.2, -0.15) is 0 Å². The minimum atomic E-state index is -0.703. The number of nitrogens with zero attached hydrogens (tertiary/aromatic N) is 4. The quantitative estimate of drug-likeness (QED) is 0.568. The zero-order valence-corrected chi connectivity index (χ0v) is 14.7. The first-order valence-electron chi connectivity index (χ1n) is 8.89. The molecule has 2 fully saturated rings. The Balaban J connectivity index is 1.88. The number of nitro benzene ring substituents is 2. The lowest BCUT2D eigenvalue weighted by atomic mass is 10.0. The number of piperidine rings is 1. The molecule has 0 bridgehead atoms. The summed E-state index contributed by atoms with van der Waals surface area (Å²) in [5.74, 6) is -0.339. The Labute approximate surface area is 150 Å². The molecule has 2 aliphatic rings. The maximum absolute atomic E-state index is 13.1. The summed E-state index contributed by atoms with van der Waals surface area (Å²) in [7, 11) is 0. The van der Waals surface area contributed by atoms with Crippen LogP contribution < -0.4 is 0 Å². The lowest BCUT2D eigenvalue weighted by molar-refractivity contribution is -0.394. The average Bonchev–Trinajstić information content (AvgIpc) is 3.46. The van der Waals surface area contributed by atoms with E-state index >= 15 is 0 Å². The summed E-state index contributed by atoms with van der Waals surface area (Å²) in [6, 6.07) is 3.39. The smallest absolute Gasteiger partial charge is 0.277 e. The van der Waals surface area contributed by atoms with Gasteiger partial charge in [-0.05, 0) is 32.2 Å². The monoisotopic (exact) mass is 362 g/mol. The predicted molar refractivity (Wildman–Crippen MR) is 94.1 cm³/mol.